The summed E-state index contributed by atoms with van der Waals surface area (Å²) in [6.07, 6.45) is 0. The normalized spacial score (nSPS) is 16.4. The van der Waals surface area contributed by atoms with E-state index in [1.807, 2.05) is 37.3 Å². The molecule has 0 radical (unpaired) electrons. The van der Waals surface area contributed by atoms with Crippen LogP contribution >= 0.6 is 0 Å². The van der Waals surface area contributed by atoms with Crippen molar-refractivity contribution in [1.29, 1.82) is 0 Å². The lowest BCUT2D eigenvalue weighted by Gasteiger charge is -2.37. The van der Waals surface area contributed by atoms with Gasteiger partial charge in [-0.1, -0.05) is 35.9 Å². The van der Waals surface area contributed by atoms with Gasteiger partial charge in [0.05, 0.1) is 6.04 Å². The van der Waals surface area contributed by atoms with Gasteiger partial charge in [0.15, 0.2) is 0 Å². The standard InChI is InChI=1S/C24H33N3O2/c1-18-16-19(2)23(20(3)17-18)25-24(28)21(4)27-12-10-26(11-13-27)14-15-29-22-8-6-5-7-9-22/h5-9,16-17,21H,10-15H2,1-4H3,(H,25,28)/t21-/m0/s1. The summed E-state index contributed by atoms with van der Waals surface area (Å²) in [5.41, 5.74) is 4.40. The highest BCUT2D eigenvalue weighted by atomic mass is 16.5. The van der Waals surface area contributed by atoms with Crippen molar-refractivity contribution in [3.05, 3.63) is 59.2 Å². The molecule has 0 unspecified atom stereocenters. The van der Waals surface area contributed by atoms with Crippen LogP contribution in [-0.2, 0) is 4.79 Å². The van der Waals surface area contributed by atoms with Gasteiger partial charge in [-0.2, -0.15) is 0 Å². The summed E-state index contributed by atoms with van der Waals surface area (Å²) in [4.78, 5) is 17.5. The van der Waals surface area contributed by atoms with Crippen molar-refractivity contribution in [2.45, 2.75) is 33.7 Å². The van der Waals surface area contributed by atoms with Crippen LogP contribution in [0.1, 0.15) is 23.6 Å². The fourth-order valence-electron chi connectivity index (χ4n) is 3.95. The third-order valence-corrected chi connectivity index (χ3v) is 5.68. The Balaban J connectivity index is 1.44. The Morgan fingerprint density at radius 2 is 1.66 bits per heavy atom. The summed E-state index contributed by atoms with van der Waals surface area (Å²) in [6.45, 7) is 13.5. The van der Waals surface area contributed by atoms with E-state index in [0.29, 0.717) is 6.61 Å². The van der Waals surface area contributed by atoms with E-state index >= 15 is 0 Å². The molecule has 0 spiro atoms. The molecule has 2 aromatic carbocycles. The van der Waals surface area contributed by atoms with E-state index in [9.17, 15) is 4.79 Å². The second-order valence-corrected chi connectivity index (χ2v) is 7.98. The number of hydrogen-bond acceptors (Lipinski definition) is 4. The summed E-state index contributed by atoms with van der Waals surface area (Å²) in [7, 11) is 0. The zero-order chi connectivity index (χ0) is 20.8. The molecule has 1 N–H and O–H groups in total. The van der Waals surface area contributed by atoms with Gasteiger partial charge in [-0.05, 0) is 51.0 Å². The molecule has 1 heterocycles. The van der Waals surface area contributed by atoms with Crippen molar-refractivity contribution in [1.82, 2.24) is 9.80 Å². The smallest absolute Gasteiger partial charge is 0.241 e. The van der Waals surface area contributed by atoms with Crippen LogP contribution in [0.3, 0.4) is 0 Å². The number of benzene rings is 2. The molecule has 1 fully saturated rings. The maximum absolute atomic E-state index is 12.8. The quantitative estimate of drug-likeness (QED) is 0.778. The van der Waals surface area contributed by atoms with Crippen molar-refractivity contribution in [2.75, 3.05) is 44.6 Å². The first-order valence-corrected chi connectivity index (χ1v) is 10.5. The molecule has 0 aromatic heterocycles. The second-order valence-electron chi connectivity index (χ2n) is 7.98. The average Bonchev–Trinajstić information content (AvgIpc) is 2.71. The maximum atomic E-state index is 12.8. The highest BCUT2D eigenvalue weighted by Gasteiger charge is 2.26. The highest BCUT2D eigenvalue weighted by molar-refractivity contribution is 5.96. The van der Waals surface area contributed by atoms with Gasteiger partial charge < -0.3 is 10.1 Å². The Labute approximate surface area is 174 Å². The first-order valence-electron chi connectivity index (χ1n) is 10.5. The molecule has 1 atom stereocenters. The molecule has 2 aromatic rings. The van der Waals surface area contributed by atoms with Crippen molar-refractivity contribution in [2.24, 2.45) is 0 Å². The van der Waals surface area contributed by atoms with Gasteiger partial charge in [0.2, 0.25) is 5.91 Å². The van der Waals surface area contributed by atoms with E-state index in [4.69, 9.17) is 4.74 Å². The lowest BCUT2D eigenvalue weighted by Crippen LogP contribution is -2.53. The first kappa shape index (κ1) is 21.3. The summed E-state index contributed by atoms with van der Waals surface area (Å²) < 4.78 is 5.80. The number of rotatable bonds is 7. The van der Waals surface area contributed by atoms with E-state index in [-0.39, 0.29) is 11.9 Å². The predicted molar refractivity (Wildman–Crippen MR) is 119 cm³/mol. The van der Waals surface area contributed by atoms with Crippen LogP contribution in [-0.4, -0.2) is 61.1 Å². The third-order valence-electron chi connectivity index (χ3n) is 5.68. The zero-order valence-corrected chi connectivity index (χ0v) is 18.1. The molecule has 3 rings (SSSR count). The fourth-order valence-corrected chi connectivity index (χ4v) is 3.95. The molecule has 156 valence electrons. The summed E-state index contributed by atoms with van der Waals surface area (Å²) in [5.74, 6) is 0.985. The van der Waals surface area contributed by atoms with E-state index in [0.717, 1.165) is 55.3 Å². The van der Waals surface area contributed by atoms with Gasteiger partial charge in [-0.15, -0.1) is 0 Å². The Kier molecular flexibility index (Phi) is 7.29. The van der Waals surface area contributed by atoms with Crippen LogP contribution in [0.25, 0.3) is 0 Å². The monoisotopic (exact) mass is 395 g/mol. The topological polar surface area (TPSA) is 44.8 Å². The number of anilines is 1. The summed E-state index contributed by atoms with van der Waals surface area (Å²) >= 11 is 0. The van der Waals surface area contributed by atoms with E-state index in [1.54, 1.807) is 0 Å². The molecule has 0 saturated carbocycles. The van der Waals surface area contributed by atoms with Gasteiger partial charge in [-0.25, -0.2) is 0 Å². The number of aryl methyl sites for hydroxylation is 3. The largest absolute Gasteiger partial charge is 0.492 e. The summed E-state index contributed by atoms with van der Waals surface area (Å²) in [6, 6.07) is 14.0. The van der Waals surface area contributed by atoms with Crippen LogP contribution in [0.2, 0.25) is 0 Å². The van der Waals surface area contributed by atoms with Crippen molar-refractivity contribution >= 4 is 11.6 Å². The minimum atomic E-state index is -0.141. The number of amides is 1. The molecule has 1 amide bonds. The van der Waals surface area contributed by atoms with Gasteiger partial charge in [-0.3, -0.25) is 14.6 Å². The second kappa shape index (κ2) is 9.90. The molecule has 5 nitrogen and oxygen atoms in total. The van der Waals surface area contributed by atoms with Crippen molar-refractivity contribution < 1.29 is 9.53 Å². The predicted octanol–water partition coefficient (Wildman–Crippen LogP) is 3.64. The Morgan fingerprint density at radius 1 is 1.03 bits per heavy atom. The lowest BCUT2D eigenvalue weighted by molar-refractivity contribution is -0.121. The van der Waals surface area contributed by atoms with Crippen molar-refractivity contribution in [3.63, 3.8) is 0 Å². The molecule has 1 saturated heterocycles. The average molecular weight is 396 g/mol. The highest BCUT2D eigenvalue weighted by Crippen LogP contribution is 2.22. The van der Waals surface area contributed by atoms with Gasteiger partial charge in [0, 0.05) is 38.4 Å². The lowest BCUT2D eigenvalue weighted by atomic mass is 10.0. The van der Waals surface area contributed by atoms with Gasteiger partial charge in [0.25, 0.3) is 0 Å². The Bertz CT molecular complexity index is 791. The number of nitrogens with zero attached hydrogens (tertiary/aromatic N) is 2. The van der Waals surface area contributed by atoms with Crippen LogP contribution in [0.4, 0.5) is 5.69 Å². The summed E-state index contributed by atoms with van der Waals surface area (Å²) in [5, 5.41) is 3.15. The minimum Gasteiger partial charge on any atom is -0.492 e. The van der Waals surface area contributed by atoms with Crippen LogP contribution in [0, 0.1) is 20.8 Å². The molecule has 1 aliphatic rings. The fraction of sp³-hybridized carbons (Fsp3) is 0.458. The van der Waals surface area contributed by atoms with Crippen LogP contribution < -0.4 is 10.1 Å². The molecule has 0 aliphatic carbocycles. The van der Waals surface area contributed by atoms with Crippen molar-refractivity contribution in [3.8, 4) is 5.75 Å². The van der Waals surface area contributed by atoms with Crippen LogP contribution in [0.5, 0.6) is 5.75 Å². The van der Waals surface area contributed by atoms with E-state index in [1.165, 1.54) is 5.56 Å². The molecule has 5 heteroatoms. The number of piperazine rings is 1. The number of carbonyl (C=O) groups excluding carboxylic acids is 1. The number of carbonyl (C=O) groups is 1. The molecular weight excluding hydrogens is 362 g/mol. The molecule has 0 bridgehead atoms. The SMILES string of the molecule is Cc1cc(C)c(NC(=O)[C@H](C)N2CCN(CCOc3ccccc3)CC2)c(C)c1. The number of hydrogen-bond donors (Lipinski definition) is 1. The zero-order valence-electron chi connectivity index (χ0n) is 18.1. The van der Waals surface area contributed by atoms with Gasteiger partial charge >= 0.3 is 0 Å². The third kappa shape index (κ3) is 5.81. The van der Waals surface area contributed by atoms with E-state index < -0.39 is 0 Å². The van der Waals surface area contributed by atoms with Gasteiger partial charge in [0.1, 0.15) is 12.4 Å². The Morgan fingerprint density at radius 3 is 2.28 bits per heavy atom. The number of nitrogens with one attached hydrogen (secondary N) is 1. The molecule has 29 heavy (non-hydrogen) atoms. The number of para-hydroxylation sites is 1. The first-order chi connectivity index (χ1) is 13.9. The van der Waals surface area contributed by atoms with Crippen LogP contribution in [0.15, 0.2) is 42.5 Å². The minimum absolute atomic E-state index is 0.0703. The maximum Gasteiger partial charge on any atom is 0.241 e. The molecule has 1 aliphatic heterocycles. The molecular formula is C24H33N3O2. The van der Waals surface area contributed by atoms with E-state index in [2.05, 4.69) is 48.0 Å². The Hall–Kier alpha value is -2.37. The number of ether oxygens (including phenoxy) is 1.